The van der Waals surface area contributed by atoms with Crippen molar-refractivity contribution in [2.45, 2.75) is 18.2 Å². The van der Waals surface area contributed by atoms with Crippen molar-refractivity contribution < 1.29 is 18.3 Å². The van der Waals surface area contributed by atoms with Crippen LogP contribution in [-0.4, -0.2) is 11.7 Å². The van der Waals surface area contributed by atoms with E-state index in [1.54, 1.807) is 36.4 Å². The van der Waals surface area contributed by atoms with Gasteiger partial charge in [-0.05, 0) is 17.2 Å². The number of alkyl halides is 3. The summed E-state index contributed by atoms with van der Waals surface area (Å²) in [4.78, 5) is 0. The molecule has 2 aromatic carbocycles. The van der Waals surface area contributed by atoms with Crippen molar-refractivity contribution in [2.24, 2.45) is 5.73 Å². The normalized spacial score (nSPS) is 14.7. The van der Waals surface area contributed by atoms with Crippen molar-refractivity contribution in [3.05, 3.63) is 71.3 Å². The van der Waals surface area contributed by atoms with E-state index < -0.39 is 17.3 Å². The molecule has 0 radical (unpaired) electrons. The molecule has 3 N–H and O–H groups in total. The quantitative estimate of drug-likeness (QED) is 0.910. The van der Waals surface area contributed by atoms with Crippen molar-refractivity contribution in [1.29, 1.82) is 0 Å². The average Bonchev–Trinajstić information content (AvgIpc) is 2.47. The number of rotatable bonds is 4. The average molecular weight is 295 g/mol. The molecule has 0 aliphatic heterocycles. The zero-order valence-corrected chi connectivity index (χ0v) is 11.3. The third-order valence-corrected chi connectivity index (χ3v) is 3.40. The summed E-state index contributed by atoms with van der Waals surface area (Å²) in [6.07, 6.45) is -4.37. The maximum Gasteiger partial charge on any atom is 0.416 e. The highest BCUT2D eigenvalue weighted by Gasteiger charge is 2.32. The van der Waals surface area contributed by atoms with Crippen LogP contribution in [-0.2, 0) is 18.2 Å². The van der Waals surface area contributed by atoms with E-state index in [-0.39, 0.29) is 13.0 Å². The Morgan fingerprint density at radius 3 is 2.10 bits per heavy atom. The maximum atomic E-state index is 12.7. The Kier molecular flexibility index (Phi) is 4.34. The van der Waals surface area contributed by atoms with Crippen LogP contribution in [0.15, 0.2) is 54.6 Å². The van der Waals surface area contributed by atoms with Gasteiger partial charge in [-0.3, -0.25) is 0 Å². The smallest absolute Gasteiger partial charge is 0.383 e. The fourth-order valence-electron chi connectivity index (χ4n) is 2.24. The molecular weight excluding hydrogens is 279 g/mol. The predicted molar refractivity (Wildman–Crippen MR) is 74.5 cm³/mol. The van der Waals surface area contributed by atoms with Crippen LogP contribution < -0.4 is 5.73 Å². The van der Waals surface area contributed by atoms with Crippen LogP contribution in [0.2, 0.25) is 0 Å². The van der Waals surface area contributed by atoms with Gasteiger partial charge in [-0.15, -0.1) is 0 Å². The third kappa shape index (κ3) is 3.62. The molecule has 112 valence electrons. The fourth-order valence-corrected chi connectivity index (χ4v) is 2.24. The predicted octanol–water partition coefficient (Wildman–Crippen LogP) is 3.09. The summed E-state index contributed by atoms with van der Waals surface area (Å²) >= 11 is 0. The molecular formula is C16H16F3NO. The highest BCUT2D eigenvalue weighted by molar-refractivity contribution is 5.30. The van der Waals surface area contributed by atoms with Gasteiger partial charge in [0, 0.05) is 13.0 Å². The standard InChI is InChI=1S/C16H16F3NO/c17-16(18,19)14-8-4-5-12(9-14)10-15(21,11-20)13-6-2-1-3-7-13/h1-9,21H,10-11,20H2. The molecule has 1 atom stereocenters. The molecule has 0 aliphatic carbocycles. The van der Waals surface area contributed by atoms with Crippen LogP contribution in [0.1, 0.15) is 16.7 Å². The molecule has 0 saturated carbocycles. The van der Waals surface area contributed by atoms with Gasteiger partial charge in [-0.25, -0.2) is 0 Å². The summed E-state index contributed by atoms with van der Waals surface area (Å²) in [6, 6.07) is 13.7. The summed E-state index contributed by atoms with van der Waals surface area (Å²) in [5.74, 6) is 0. The minimum atomic E-state index is -4.40. The molecule has 1 unspecified atom stereocenters. The van der Waals surface area contributed by atoms with E-state index >= 15 is 0 Å². The van der Waals surface area contributed by atoms with Gasteiger partial charge in [0.05, 0.1) is 5.56 Å². The van der Waals surface area contributed by atoms with Crippen LogP contribution >= 0.6 is 0 Å². The van der Waals surface area contributed by atoms with E-state index in [1.165, 1.54) is 6.07 Å². The second-order valence-corrected chi connectivity index (χ2v) is 4.98. The Morgan fingerprint density at radius 2 is 1.52 bits per heavy atom. The van der Waals surface area contributed by atoms with Crippen LogP contribution in [0.4, 0.5) is 13.2 Å². The SMILES string of the molecule is NCC(O)(Cc1cccc(C(F)(F)F)c1)c1ccccc1. The first kappa shape index (κ1) is 15.5. The molecule has 0 fully saturated rings. The topological polar surface area (TPSA) is 46.2 Å². The number of hydrogen-bond donors (Lipinski definition) is 2. The monoisotopic (exact) mass is 295 g/mol. The van der Waals surface area contributed by atoms with Crippen molar-refractivity contribution in [1.82, 2.24) is 0 Å². The van der Waals surface area contributed by atoms with Crippen molar-refractivity contribution in [2.75, 3.05) is 6.54 Å². The van der Waals surface area contributed by atoms with E-state index in [9.17, 15) is 18.3 Å². The number of nitrogens with two attached hydrogens (primary N) is 1. The first-order chi connectivity index (χ1) is 9.85. The molecule has 0 spiro atoms. The van der Waals surface area contributed by atoms with E-state index in [1.807, 2.05) is 0 Å². The van der Waals surface area contributed by atoms with Gasteiger partial charge < -0.3 is 10.8 Å². The first-order valence-corrected chi connectivity index (χ1v) is 6.49. The molecule has 0 aromatic heterocycles. The van der Waals surface area contributed by atoms with E-state index in [2.05, 4.69) is 0 Å². The zero-order valence-electron chi connectivity index (χ0n) is 11.3. The highest BCUT2D eigenvalue weighted by Crippen LogP contribution is 2.31. The molecule has 21 heavy (non-hydrogen) atoms. The van der Waals surface area contributed by atoms with Crippen molar-refractivity contribution in [3.63, 3.8) is 0 Å². The summed E-state index contributed by atoms with van der Waals surface area (Å²) in [6.45, 7) is -0.0761. The fraction of sp³-hybridized carbons (Fsp3) is 0.250. The molecule has 0 saturated heterocycles. The van der Waals surface area contributed by atoms with Gasteiger partial charge >= 0.3 is 6.18 Å². The highest BCUT2D eigenvalue weighted by atomic mass is 19.4. The van der Waals surface area contributed by atoms with Gasteiger partial charge in [0.25, 0.3) is 0 Å². The van der Waals surface area contributed by atoms with Crippen LogP contribution in [0.3, 0.4) is 0 Å². The summed E-state index contributed by atoms with van der Waals surface area (Å²) in [5.41, 5.74) is 4.50. The summed E-state index contributed by atoms with van der Waals surface area (Å²) < 4.78 is 38.2. The van der Waals surface area contributed by atoms with E-state index in [4.69, 9.17) is 5.73 Å². The molecule has 0 amide bonds. The molecule has 0 aliphatic rings. The molecule has 5 heteroatoms. The second kappa shape index (κ2) is 5.87. The number of benzene rings is 2. The van der Waals surface area contributed by atoms with Gasteiger partial charge in [0.1, 0.15) is 5.60 Å². The van der Waals surface area contributed by atoms with Crippen molar-refractivity contribution >= 4 is 0 Å². The Bertz CT molecular complexity index is 598. The minimum absolute atomic E-state index is 0.0252. The zero-order chi connectivity index (χ0) is 15.5. The number of hydrogen-bond acceptors (Lipinski definition) is 2. The van der Waals surface area contributed by atoms with Gasteiger partial charge in [-0.1, -0.05) is 48.5 Å². The largest absolute Gasteiger partial charge is 0.416 e. The van der Waals surface area contributed by atoms with Gasteiger partial charge in [-0.2, -0.15) is 13.2 Å². The molecule has 2 rings (SSSR count). The lowest BCUT2D eigenvalue weighted by Gasteiger charge is -2.27. The third-order valence-electron chi connectivity index (χ3n) is 3.40. The molecule has 0 heterocycles. The lowest BCUT2D eigenvalue weighted by molar-refractivity contribution is -0.137. The Labute approximate surface area is 121 Å². The number of halogens is 3. The minimum Gasteiger partial charge on any atom is -0.383 e. The first-order valence-electron chi connectivity index (χ1n) is 6.49. The van der Waals surface area contributed by atoms with Gasteiger partial charge in [0.15, 0.2) is 0 Å². The maximum absolute atomic E-state index is 12.7. The van der Waals surface area contributed by atoms with Crippen molar-refractivity contribution in [3.8, 4) is 0 Å². The lowest BCUT2D eigenvalue weighted by atomic mass is 9.87. The van der Waals surface area contributed by atoms with E-state index in [0.29, 0.717) is 11.1 Å². The Hall–Kier alpha value is -1.85. The van der Waals surface area contributed by atoms with Crippen LogP contribution in [0.5, 0.6) is 0 Å². The Morgan fingerprint density at radius 1 is 0.905 bits per heavy atom. The summed E-state index contributed by atoms with van der Waals surface area (Å²) in [5, 5.41) is 10.6. The molecule has 0 bridgehead atoms. The van der Waals surface area contributed by atoms with Crippen LogP contribution in [0.25, 0.3) is 0 Å². The Balaban J connectivity index is 2.31. The lowest BCUT2D eigenvalue weighted by Crippen LogP contribution is -2.37. The van der Waals surface area contributed by atoms with E-state index in [0.717, 1.165) is 12.1 Å². The second-order valence-electron chi connectivity index (χ2n) is 4.98. The summed E-state index contributed by atoms with van der Waals surface area (Å²) in [7, 11) is 0. The van der Waals surface area contributed by atoms with Gasteiger partial charge in [0.2, 0.25) is 0 Å². The molecule has 2 nitrogen and oxygen atoms in total. The van der Waals surface area contributed by atoms with Crippen LogP contribution in [0, 0.1) is 0 Å². The number of aliphatic hydroxyl groups is 1. The molecule has 2 aromatic rings.